The van der Waals surface area contributed by atoms with Gasteiger partial charge in [-0.3, -0.25) is 0 Å². The molecule has 1 atom stereocenters. The summed E-state index contributed by atoms with van der Waals surface area (Å²) in [4.78, 5) is 0. The lowest BCUT2D eigenvalue weighted by atomic mass is 10.0. The van der Waals surface area contributed by atoms with Crippen molar-refractivity contribution in [1.29, 1.82) is 0 Å². The van der Waals surface area contributed by atoms with E-state index >= 15 is 0 Å². The second kappa shape index (κ2) is 4.17. The van der Waals surface area contributed by atoms with Crippen molar-refractivity contribution >= 4 is 0 Å². The highest BCUT2D eigenvalue weighted by Crippen LogP contribution is 2.06. The van der Waals surface area contributed by atoms with Crippen LogP contribution in [0.25, 0.3) is 0 Å². The third-order valence-electron chi connectivity index (χ3n) is 1.19. The minimum atomic E-state index is 0.775. The van der Waals surface area contributed by atoms with E-state index in [0.717, 1.165) is 18.8 Å². The van der Waals surface area contributed by atoms with Crippen molar-refractivity contribution in [3.8, 4) is 0 Å². The van der Waals surface area contributed by atoms with Gasteiger partial charge in [-0.1, -0.05) is 40.0 Å². The van der Waals surface area contributed by atoms with Crippen molar-refractivity contribution in [2.24, 2.45) is 5.92 Å². The molecule has 0 heterocycles. The maximum absolute atomic E-state index is 3.78. The molecule has 42 valence electrons. The first-order chi connectivity index (χ1) is 3.31. The Morgan fingerprint density at radius 2 is 2.00 bits per heavy atom. The van der Waals surface area contributed by atoms with E-state index in [1.54, 1.807) is 0 Å². The molecule has 0 heteroatoms. The summed E-state index contributed by atoms with van der Waals surface area (Å²) in [6, 6.07) is 0. The SMILES string of the molecule is [CH2]CCC(C)C[CH2]. The zero-order valence-electron chi connectivity index (χ0n) is 5.11. The average molecular weight is 98.2 g/mol. The van der Waals surface area contributed by atoms with Crippen molar-refractivity contribution in [3.05, 3.63) is 13.8 Å². The van der Waals surface area contributed by atoms with E-state index in [1.807, 2.05) is 0 Å². The van der Waals surface area contributed by atoms with Crippen LogP contribution in [0.4, 0.5) is 0 Å². The van der Waals surface area contributed by atoms with Gasteiger partial charge in [0.25, 0.3) is 0 Å². The normalized spacial score (nSPS) is 14.1. The van der Waals surface area contributed by atoms with Crippen LogP contribution in [0.2, 0.25) is 0 Å². The molecule has 0 bridgehead atoms. The van der Waals surface area contributed by atoms with Crippen LogP contribution < -0.4 is 0 Å². The van der Waals surface area contributed by atoms with Crippen molar-refractivity contribution in [1.82, 2.24) is 0 Å². The van der Waals surface area contributed by atoms with E-state index in [-0.39, 0.29) is 0 Å². The van der Waals surface area contributed by atoms with Crippen molar-refractivity contribution in [2.75, 3.05) is 0 Å². The molecule has 0 aromatic rings. The summed E-state index contributed by atoms with van der Waals surface area (Å²) >= 11 is 0. The van der Waals surface area contributed by atoms with Gasteiger partial charge in [-0.2, -0.15) is 0 Å². The zero-order valence-corrected chi connectivity index (χ0v) is 5.11. The number of rotatable bonds is 3. The van der Waals surface area contributed by atoms with Crippen molar-refractivity contribution in [3.63, 3.8) is 0 Å². The van der Waals surface area contributed by atoms with E-state index in [2.05, 4.69) is 20.8 Å². The van der Waals surface area contributed by atoms with E-state index in [1.165, 1.54) is 6.42 Å². The number of hydrogen-bond acceptors (Lipinski definition) is 0. The molecule has 0 saturated heterocycles. The second-order valence-electron chi connectivity index (χ2n) is 2.04. The molecule has 0 rings (SSSR count). The van der Waals surface area contributed by atoms with Gasteiger partial charge in [0, 0.05) is 0 Å². The van der Waals surface area contributed by atoms with Gasteiger partial charge in [0.1, 0.15) is 0 Å². The van der Waals surface area contributed by atoms with Crippen LogP contribution in [0.5, 0.6) is 0 Å². The van der Waals surface area contributed by atoms with E-state index < -0.39 is 0 Å². The Morgan fingerprint density at radius 1 is 1.43 bits per heavy atom. The van der Waals surface area contributed by atoms with E-state index in [0.29, 0.717) is 0 Å². The lowest BCUT2D eigenvalue weighted by molar-refractivity contribution is 0.544. The molecule has 0 fully saturated rings. The first-order valence-electron chi connectivity index (χ1n) is 2.89. The molecule has 0 aliphatic heterocycles. The summed E-state index contributed by atoms with van der Waals surface area (Å²) in [6.45, 7) is 9.73. The Labute approximate surface area is 46.9 Å². The molecule has 1 unspecified atom stereocenters. The highest BCUT2D eigenvalue weighted by molar-refractivity contribution is 4.54. The lowest BCUT2D eigenvalue weighted by Crippen LogP contribution is -1.88. The average Bonchev–Trinajstić information content (AvgIpc) is 1.68. The van der Waals surface area contributed by atoms with Gasteiger partial charge < -0.3 is 0 Å². The Kier molecular flexibility index (Phi) is 4.17. The smallest absolute Gasteiger partial charge is 0.0443 e. The van der Waals surface area contributed by atoms with Gasteiger partial charge in [0.15, 0.2) is 0 Å². The van der Waals surface area contributed by atoms with Crippen molar-refractivity contribution < 1.29 is 0 Å². The van der Waals surface area contributed by atoms with Gasteiger partial charge in [0.2, 0.25) is 0 Å². The fourth-order valence-corrected chi connectivity index (χ4v) is 0.493. The molecule has 0 N–H and O–H groups in total. The third kappa shape index (κ3) is 3.84. The number of hydrogen-bond donors (Lipinski definition) is 0. The Hall–Kier alpha value is 0. The fourth-order valence-electron chi connectivity index (χ4n) is 0.493. The zero-order chi connectivity index (χ0) is 5.70. The van der Waals surface area contributed by atoms with Crippen LogP contribution in [0.1, 0.15) is 26.2 Å². The predicted molar refractivity (Wildman–Crippen MR) is 33.7 cm³/mol. The molecule has 0 spiro atoms. The molecule has 0 aromatic carbocycles. The van der Waals surface area contributed by atoms with E-state index in [4.69, 9.17) is 0 Å². The maximum atomic E-state index is 3.78. The summed E-state index contributed by atoms with van der Waals surface area (Å²) in [5.41, 5.74) is 0. The molecule has 0 saturated carbocycles. The molecular weight excluding hydrogens is 84.1 g/mol. The molecule has 0 aliphatic carbocycles. The first-order valence-corrected chi connectivity index (χ1v) is 2.89. The highest BCUT2D eigenvalue weighted by atomic mass is 14.0. The predicted octanol–water partition coefficient (Wildman–Crippen LogP) is 2.46. The molecular formula is C7H14. The van der Waals surface area contributed by atoms with Crippen LogP contribution in [0.3, 0.4) is 0 Å². The molecule has 0 aromatic heterocycles. The Bertz CT molecular complexity index is 31.0. The van der Waals surface area contributed by atoms with Gasteiger partial charge in [-0.05, 0) is 5.92 Å². The third-order valence-corrected chi connectivity index (χ3v) is 1.19. The quantitative estimate of drug-likeness (QED) is 0.508. The molecule has 2 radical (unpaired) electrons. The van der Waals surface area contributed by atoms with Crippen LogP contribution in [-0.2, 0) is 0 Å². The standard InChI is InChI=1S/C7H14/c1-4-6-7(3)5-2/h7H,1-2,4-6H2,3H3. The minimum absolute atomic E-state index is 0.775. The lowest BCUT2D eigenvalue weighted by Gasteiger charge is -2.02. The summed E-state index contributed by atoms with van der Waals surface area (Å²) in [5, 5.41) is 0. The Morgan fingerprint density at radius 3 is 2.14 bits per heavy atom. The van der Waals surface area contributed by atoms with Crippen LogP contribution in [-0.4, -0.2) is 0 Å². The minimum Gasteiger partial charge on any atom is -0.0625 e. The fraction of sp³-hybridized carbons (Fsp3) is 0.714. The Balaban J connectivity index is 2.83. The van der Waals surface area contributed by atoms with Crippen LogP contribution in [0, 0.1) is 19.8 Å². The topological polar surface area (TPSA) is 0 Å². The van der Waals surface area contributed by atoms with Gasteiger partial charge in [-0.25, -0.2) is 0 Å². The molecule has 0 aliphatic rings. The van der Waals surface area contributed by atoms with Gasteiger partial charge >= 0.3 is 0 Å². The molecule has 7 heavy (non-hydrogen) atoms. The molecule has 0 nitrogen and oxygen atoms in total. The van der Waals surface area contributed by atoms with Crippen LogP contribution in [0.15, 0.2) is 0 Å². The van der Waals surface area contributed by atoms with Crippen LogP contribution >= 0.6 is 0 Å². The van der Waals surface area contributed by atoms with Gasteiger partial charge in [0.05, 0.1) is 0 Å². The molecule has 0 amide bonds. The first kappa shape index (κ1) is 7.00. The summed E-state index contributed by atoms with van der Waals surface area (Å²) in [7, 11) is 0. The largest absolute Gasteiger partial charge is 0.0625 e. The highest BCUT2D eigenvalue weighted by Gasteiger charge is 1.92. The second-order valence-corrected chi connectivity index (χ2v) is 2.04. The summed E-state index contributed by atoms with van der Waals surface area (Å²) < 4.78 is 0. The van der Waals surface area contributed by atoms with E-state index in [9.17, 15) is 0 Å². The monoisotopic (exact) mass is 98.1 g/mol. The van der Waals surface area contributed by atoms with Gasteiger partial charge in [-0.15, -0.1) is 0 Å². The summed E-state index contributed by atoms with van der Waals surface area (Å²) in [6.07, 6.45) is 3.33. The maximum Gasteiger partial charge on any atom is -0.0443 e. The van der Waals surface area contributed by atoms with Crippen molar-refractivity contribution in [2.45, 2.75) is 26.2 Å². The summed E-state index contributed by atoms with van der Waals surface area (Å²) in [5.74, 6) is 0.775.